The molecule has 2 N–H and O–H groups in total. The molecule has 0 aliphatic heterocycles. The largest absolute Gasteiger partial charge is 0.481 e. The van der Waals surface area contributed by atoms with Crippen LogP contribution in [0.15, 0.2) is 4.79 Å². The number of rotatable bonds is 5. The van der Waals surface area contributed by atoms with Crippen molar-refractivity contribution in [1.29, 1.82) is 0 Å². The van der Waals surface area contributed by atoms with Crippen molar-refractivity contribution in [3.8, 4) is 0 Å². The van der Waals surface area contributed by atoms with Gasteiger partial charge in [0.05, 0.1) is 17.3 Å². The van der Waals surface area contributed by atoms with Crippen LogP contribution in [0.4, 0.5) is 0 Å². The van der Waals surface area contributed by atoms with Crippen LogP contribution in [0.2, 0.25) is 0 Å². The third-order valence-electron chi connectivity index (χ3n) is 3.11. The van der Waals surface area contributed by atoms with E-state index in [1.54, 1.807) is 13.8 Å². The summed E-state index contributed by atoms with van der Waals surface area (Å²) in [6, 6.07) is 0. The predicted octanol–water partition coefficient (Wildman–Crippen LogP) is 1.99. The first-order valence-corrected chi connectivity index (χ1v) is 6.74. The molecule has 0 spiro atoms. The van der Waals surface area contributed by atoms with Crippen molar-refractivity contribution in [3.05, 3.63) is 27.4 Å². The zero-order chi connectivity index (χ0) is 15.6. The molecule has 1 atom stereocenters. The highest BCUT2D eigenvalue weighted by atomic mass is 16.5. The summed E-state index contributed by atoms with van der Waals surface area (Å²) in [5.74, 6) is -1.93. The van der Waals surface area contributed by atoms with E-state index in [2.05, 4.69) is 4.98 Å². The number of nitrogens with zero attached hydrogens (tertiary/aromatic N) is 2. The van der Waals surface area contributed by atoms with Gasteiger partial charge in [0, 0.05) is 0 Å². The molecule has 0 aromatic carbocycles. The summed E-state index contributed by atoms with van der Waals surface area (Å²) in [5, 5.41) is 19.2. The third-order valence-corrected chi connectivity index (χ3v) is 3.11. The van der Waals surface area contributed by atoms with Crippen LogP contribution in [0.3, 0.4) is 0 Å². The molecule has 1 aromatic rings. The Morgan fingerprint density at radius 3 is 2.20 bits per heavy atom. The molecule has 112 valence electrons. The van der Waals surface area contributed by atoms with Crippen molar-refractivity contribution in [1.82, 2.24) is 9.71 Å². The van der Waals surface area contributed by atoms with Gasteiger partial charge in [-0.2, -0.15) is 0 Å². The number of carbonyl (C=O) groups is 1. The molecule has 0 aliphatic carbocycles. The minimum Gasteiger partial charge on any atom is -0.481 e. The Kier molecular flexibility index (Phi) is 4.92. The topological polar surface area (TPSA) is 92.4 Å². The van der Waals surface area contributed by atoms with Gasteiger partial charge in [0.2, 0.25) is 0 Å². The van der Waals surface area contributed by atoms with E-state index in [4.69, 9.17) is 5.11 Å². The predicted molar refractivity (Wildman–Crippen MR) is 74.4 cm³/mol. The zero-order valence-electron chi connectivity index (χ0n) is 12.5. The standard InChI is InChI=1S/C14H22N2O4/c1-7(2)6-10-13(17)16(20)12(8(3)4)11(15-10)9(5)14(18)19/h7-9,20H,6H2,1-5H3,(H,18,19)/t9-/m0/s1. The van der Waals surface area contributed by atoms with Gasteiger partial charge in [0.15, 0.2) is 0 Å². The first kappa shape index (κ1) is 16.2. The molecule has 0 saturated heterocycles. The molecular formula is C14H22N2O4. The van der Waals surface area contributed by atoms with Crippen LogP contribution in [0.1, 0.15) is 63.5 Å². The monoisotopic (exact) mass is 282 g/mol. The molecule has 1 aromatic heterocycles. The summed E-state index contributed by atoms with van der Waals surface area (Å²) in [7, 11) is 0. The first-order valence-electron chi connectivity index (χ1n) is 6.74. The minimum atomic E-state index is -1.03. The molecule has 1 heterocycles. The van der Waals surface area contributed by atoms with Crippen LogP contribution in [-0.2, 0) is 11.2 Å². The summed E-state index contributed by atoms with van der Waals surface area (Å²) < 4.78 is 0.560. The lowest BCUT2D eigenvalue weighted by Gasteiger charge is -2.19. The van der Waals surface area contributed by atoms with Gasteiger partial charge < -0.3 is 10.3 Å². The molecule has 1 rings (SSSR count). The fraction of sp³-hybridized carbons (Fsp3) is 0.643. The van der Waals surface area contributed by atoms with Crippen LogP contribution in [0.5, 0.6) is 0 Å². The highest BCUT2D eigenvalue weighted by molar-refractivity contribution is 5.75. The maximum absolute atomic E-state index is 12.1. The maximum Gasteiger partial charge on any atom is 0.312 e. The Hall–Kier alpha value is -1.85. The van der Waals surface area contributed by atoms with Crippen LogP contribution in [0, 0.1) is 5.92 Å². The SMILES string of the molecule is CC(C)Cc1nc([C@H](C)C(=O)O)c(C(C)C)n(O)c1=O. The van der Waals surface area contributed by atoms with Crippen LogP contribution in [-0.4, -0.2) is 26.0 Å². The molecular weight excluding hydrogens is 260 g/mol. The van der Waals surface area contributed by atoms with Gasteiger partial charge in [-0.25, -0.2) is 4.98 Å². The van der Waals surface area contributed by atoms with E-state index in [9.17, 15) is 14.8 Å². The molecule has 0 fully saturated rings. The van der Waals surface area contributed by atoms with Gasteiger partial charge in [-0.3, -0.25) is 9.59 Å². The second kappa shape index (κ2) is 6.07. The molecule has 0 amide bonds. The number of aliphatic carboxylic acids is 1. The van der Waals surface area contributed by atoms with Gasteiger partial charge in [0.1, 0.15) is 5.69 Å². The Morgan fingerprint density at radius 2 is 1.80 bits per heavy atom. The Bertz CT molecular complexity index is 561. The fourth-order valence-corrected chi connectivity index (χ4v) is 2.09. The number of aromatic nitrogens is 2. The second-order valence-corrected chi connectivity index (χ2v) is 5.76. The van der Waals surface area contributed by atoms with Gasteiger partial charge in [-0.1, -0.05) is 27.7 Å². The van der Waals surface area contributed by atoms with Gasteiger partial charge in [-0.05, 0) is 25.2 Å². The lowest BCUT2D eigenvalue weighted by atomic mass is 9.98. The molecule has 20 heavy (non-hydrogen) atoms. The van der Waals surface area contributed by atoms with Crippen molar-refractivity contribution < 1.29 is 15.1 Å². The number of carboxylic acid groups (broad SMARTS) is 1. The highest BCUT2D eigenvalue weighted by Crippen LogP contribution is 2.24. The average Bonchev–Trinajstić information content (AvgIpc) is 2.32. The molecule has 0 saturated carbocycles. The minimum absolute atomic E-state index is 0.188. The molecule has 0 bridgehead atoms. The van der Waals surface area contributed by atoms with Crippen molar-refractivity contribution in [2.45, 2.75) is 52.9 Å². The smallest absolute Gasteiger partial charge is 0.312 e. The summed E-state index contributed by atoms with van der Waals surface area (Å²) in [6.45, 7) is 8.92. The van der Waals surface area contributed by atoms with Crippen LogP contribution in [0.25, 0.3) is 0 Å². The Labute approximate surface area is 118 Å². The maximum atomic E-state index is 12.1. The first-order chi connectivity index (χ1) is 9.16. The van der Waals surface area contributed by atoms with Crippen molar-refractivity contribution in [2.75, 3.05) is 0 Å². The van der Waals surface area contributed by atoms with E-state index >= 15 is 0 Å². The van der Waals surface area contributed by atoms with E-state index in [-0.39, 0.29) is 28.9 Å². The Morgan fingerprint density at radius 1 is 1.25 bits per heavy atom. The van der Waals surface area contributed by atoms with E-state index in [0.717, 1.165) is 0 Å². The summed E-state index contributed by atoms with van der Waals surface area (Å²) >= 11 is 0. The van der Waals surface area contributed by atoms with E-state index in [1.807, 2.05) is 13.8 Å². The third kappa shape index (κ3) is 3.18. The van der Waals surface area contributed by atoms with E-state index in [1.165, 1.54) is 6.92 Å². The summed E-state index contributed by atoms with van der Waals surface area (Å²) in [6.07, 6.45) is 0.400. The van der Waals surface area contributed by atoms with Crippen molar-refractivity contribution >= 4 is 5.97 Å². The lowest BCUT2D eigenvalue weighted by Crippen LogP contribution is -2.31. The molecule has 0 unspecified atom stereocenters. The Balaban J connectivity index is 3.57. The molecule has 0 aliphatic rings. The van der Waals surface area contributed by atoms with Gasteiger partial charge >= 0.3 is 11.5 Å². The summed E-state index contributed by atoms with van der Waals surface area (Å²) in [4.78, 5) is 27.5. The summed E-state index contributed by atoms with van der Waals surface area (Å²) in [5.41, 5.74) is 0.154. The number of hydrogen-bond acceptors (Lipinski definition) is 4. The van der Waals surface area contributed by atoms with E-state index in [0.29, 0.717) is 11.2 Å². The van der Waals surface area contributed by atoms with Crippen LogP contribution < -0.4 is 5.56 Å². The van der Waals surface area contributed by atoms with Gasteiger partial charge in [0.25, 0.3) is 0 Å². The average molecular weight is 282 g/mol. The molecule has 6 nitrogen and oxygen atoms in total. The van der Waals surface area contributed by atoms with Crippen molar-refractivity contribution in [2.24, 2.45) is 5.92 Å². The van der Waals surface area contributed by atoms with Gasteiger partial charge in [-0.15, -0.1) is 4.73 Å². The lowest BCUT2D eigenvalue weighted by molar-refractivity contribution is -0.138. The zero-order valence-corrected chi connectivity index (χ0v) is 12.5. The molecule has 0 radical (unpaired) electrons. The quantitative estimate of drug-likeness (QED) is 0.806. The van der Waals surface area contributed by atoms with E-state index < -0.39 is 17.4 Å². The highest BCUT2D eigenvalue weighted by Gasteiger charge is 2.26. The number of hydrogen-bond donors (Lipinski definition) is 2. The number of carboxylic acids is 1. The van der Waals surface area contributed by atoms with Crippen LogP contribution >= 0.6 is 0 Å². The van der Waals surface area contributed by atoms with Crippen molar-refractivity contribution in [3.63, 3.8) is 0 Å². The molecule has 6 heteroatoms. The normalized spacial score (nSPS) is 12.9. The second-order valence-electron chi connectivity index (χ2n) is 5.76. The fourth-order valence-electron chi connectivity index (χ4n) is 2.09.